The van der Waals surface area contributed by atoms with E-state index in [1.165, 1.54) is 20.5 Å². The predicted octanol–water partition coefficient (Wildman–Crippen LogP) is 3.44. The molecule has 0 radical (unpaired) electrons. The molecule has 1 fully saturated rings. The molecule has 1 aromatic carbocycles. The fourth-order valence-corrected chi connectivity index (χ4v) is 3.33. The Bertz CT molecular complexity index is 814. The summed E-state index contributed by atoms with van der Waals surface area (Å²) in [6.07, 6.45) is 2.62. The second-order valence-electron chi connectivity index (χ2n) is 6.22. The number of anilines is 1. The fourth-order valence-electron chi connectivity index (χ4n) is 3.09. The minimum Gasteiger partial charge on any atom is -0.495 e. The maximum Gasteiger partial charge on any atom is 0.289 e. The monoisotopic (exact) mass is 392 g/mol. The van der Waals surface area contributed by atoms with Crippen molar-refractivity contribution in [2.45, 2.75) is 12.8 Å². The Kier molecular flexibility index (Phi) is 5.91. The molecular formula is C19H21ClN2O5. The summed E-state index contributed by atoms with van der Waals surface area (Å²) in [5, 5.41) is 3.25. The number of likely N-dealkylation sites (tertiary alicyclic amines) is 1. The molecule has 1 saturated heterocycles. The number of piperidine rings is 1. The van der Waals surface area contributed by atoms with E-state index in [-0.39, 0.29) is 17.7 Å². The van der Waals surface area contributed by atoms with E-state index in [2.05, 4.69) is 5.32 Å². The lowest BCUT2D eigenvalue weighted by Gasteiger charge is -2.30. The van der Waals surface area contributed by atoms with Crippen LogP contribution < -0.4 is 14.8 Å². The molecule has 1 N–H and O–H groups in total. The van der Waals surface area contributed by atoms with Crippen molar-refractivity contribution in [3.8, 4) is 11.5 Å². The van der Waals surface area contributed by atoms with Gasteiger partial charge < -0.3 is 24.1 Å². The fraction of sp³-hybridized carbons (Fsp3) is 0.368. The Morgan fingerprint density at radius 1 is 1.19 bits per heavy atom. The maximum atomic E-state index is 12.6. The van der Waals surface area contributed by atoms with Crippen molar-refractivity contribution >= 4 is 29.1 Å². The number of halogens is 1. The lowest BCUT2D eigenvalue weighted by molar-refractivity contribution is -0.121. The SMILES string of the molecule is COc1cc(OC)c(NC(=O)C2CCN(C(=O)c3ccco3)CC2)cc1Cl. The number of ether oxygens (including phenoxy) is 2. The molecule has 27 heavy (non-hydrogen) atoms. The standard InChI is InChI=1S/C19H21ClN2O5/c1-25-16-11-17(26-2)14(10-13(16)20)21-18(23)12-5-7-22(8-6-12)19(24)15-4-3-9-27-15/h3-4,9-12H,5-8H2,1-2H3,(H,21,23). The minimum atomic E-state index is -0.198. The third-order valence-corrected chi connectivity index (χ3v) is 4.91. The lowest BCUT2D eigenvalue weighted by atomic mass is 9.95. The molecule has 1 aromatic heterocycles. The molecule has 2 heterocycles. The molecular weight excluding hydrogens is 372 g/mol. The number of hydrogen-bond acceptors (Lipinski definition) is 5. The van der Waals surface area contributed by atoms with Crippen molar-refractivity contribution in [2.24, 2.45) is 5.92 Å². The van der Waals surface area contributed by atoms with E-state index in [4.69, 9.17) is 25.5 Å². The average molecular weight is 393 g/mol. The summed E-state index contributed by atoms with van der Waals surface area (Å²) in [7, 11) is 3.02. The van der Waals surface area contributed by atoms with Crippen LogP contribution in [0.25, 0.3) is 0 Å². The van der Waals surface area contributed by atoms with Gasteiger partial charge in [0.05, 0.1) is 31.2 Å². The third-order valence-electron chi connectivity index (χ3n) is 4.62. The van der Waals surface area contributed by atoms with Crippen LogP contribution in [0.1, 0.15) is 23.4 Å². The van der Waals surface area contributed by atoms with Crippen LogP contribution in [-0.2, 0) is 4.79 Å². The molecule has 2 amide bonds. The van der Waals surface area contributed by atoms with Gasteiger partial charge in [0.15, 0.2) is 5.76 Å². The molecule has 0 spiro atoms. The highest BCUT2D eigenvalue weighted by Crippen LogP contribution is 2.36. The van der Waals surface area contributed by atoms with Gasteiger partial charge >= 0.3 is 0 Å². The number of nitrogens with zero attached hydrogens (tertiary/aromatic N) is 1. The zero-order valence-corrected chi connectivity index (χ0v) is 15.9. The van der Waals surface area contributed by atoms with Crippen LogP contribution in [-0.4, -0.2) is 44.0 Å². The largest absolute Gasteiger partial charge is 0.495 e. The first-order valence-electron chi connectivity index (χ1n) is 8.58. The van der Waals surface area contributed by atoms with Gasteiger partial charge in [-0.3, -0.25) is 9.59 Å². The van der Waals surface area contributed by atoms with Gasteiger partial charge in [-0.05, 0) is 31.0 Å². The molecule has 2 aromatic rings. The van der Waals surface area contributed by atoms with E-state index in [0.717, 1.165) is 0 Å². The van der Waals surface area contributed by atoms with Gasteiger partial charge in [0.25, 0.3) is 5.91 Å². The molecule has 3 rings (SSSR count). The smallest absolute Gasteiger partial charge is 0.289 e. The molecule has 0 unspecified atom stereocenters. The van der Waals surface area contributed by atoms with Crippen molar-refractivity contribution < 1.29 is 23.5 Å². The van der Waals surface area contributed by atoms with E-state index < -0.39 is 0 Å². The number of hydrogen-bond donors (Lipinski definition) is 1. The molecule has 7 nitrogen and oxygen atoms in total. The predicted molar refractivity (Wildman–Crippen MR) is 101 cm³/mol. The molecule has 0 bridgehead atoms. The molecule has 8 heteroatoms. The Labute approximate surface area is 162 Å². The summed E-state index contributed by atoms with van der Waals surface area (Å²) in [5.41, 5.74) is 0.488. The highest BCUT2D eigenvalue weighted by Gasteiger charge is 2.29. The van der Waals surface area contributed by atoms with Crippen molar-refractivity contribution in [1.29, 1.82) is 0 Å². The highest BCUT2D eigenvalue weighted by atomic mass is 35.5. The van der Waals surface area contributed by atoms with Gasteiger partial charge in [-0.15, -0.1) is 0 Å². The first-order chi connectivity index (χ1) is 13.0. The topological polar surface area (TPSA) is 81.0 Å². The van der Waals surface area contributed by atoms with Gasteiger partial charge in [-0.1, -0.05) is 11.6 Å². The normalized spacial score (nSPS) is 14.7. The molecule has 0 atom stereocenters. The van der Waals surface area contributed by atoms with Crippen LogP contribution in [0.5, 0.6) is 11.5 Å². The summed E-state index contributed by atoms with van der Waals surface area (Å²) in [5.74, 6) is 0.778. The van der Waals surface area contributed by atoms with Crippen LogP contribution in [0.2, 0.25) is 5.02 Å². The number of rotatable bonds is 5. The molecule has 144 valence electrons. The van der Waals surface area contributed by atoms with Crippen LogP contribution in [0, 0.1) is 5.92 Å². The van der Waals surface area contributed by atoms with Crippen LogP contribution in [0.3, 0.4) is 0 Å². The summed E-state index contributed by atoms with van der Waals surface area (Å²) in [4.78, 5) is 26.6. The highest BCUT2D eigenvalue weighted by molar-refractivity contribution is 6.32. The van der Waals surface area contributed by atoms with E-state index in [1.54, 1.807) is 29.2 Å². The van der Waals surface area contributed by atoms with Crippen molar-refractivity contribution in [2.75, 3.05) is 32.6 Å². The van der Waals surface area contributed by atoms with Crippen molar-refractivity contribution in [3.63, 3.8) is 0 Å². The van der Waals surface area contributed by atoms with E-state index in [0.29, 0.717) is 53.9 Å². The lowest BCUT2D eigenvalue weighted by Crippen LogP contribution is -2.41. The Morgan fingerprint density at radius 3 is 2.48 bits per heavy atom. The molecule has 0 saturated carbocycles. The third kappa shape index (κ3) is 4.19. The van der Waals surface area contributed by atoms with E-state index in [1.807, 2.05) is 0 Å². The van der Waals surface area contributed by atoms with E-state index in [9.17, 15) is 9.59 Å². The summed E-state index contributed by atoms with van der Waals surface area (Å²) in [6, 6.07) is 6.55. The first kappa shape index (κ1) is 19.1. The Hall–Kier alpha value is -2.67. The van der Waals surface area contributed by atoms with Crippen LogP contribution in [0.4, 0.5) is 5.69 Å². The number of benzene rings is 1. The molecule has 0 aliphatic carbocycles. The van der Waals surface area contributed by atoms with Gasteiger partial charge in [0, 0.05) is 25.1 Å². The first-order valence-corrected chi connectivity index (χ1v) is 8.96. The average Bonchev–Trinajstić information content (AvgIpc) is 3.22. The number of furan rings is 1. The van der Waals surface area contributed by atoms with Gasteiger partial charge in [0.2, 0.25) is 5.91 Å². The maximum absolute atomic E-state index is 12.6. The van der Waals surface area contributed by atoms with E-state index >= 15 is 0 Å². The van der Waals surface area contributed by atoms with Gasteiger partial charge in [0.1, 0.15) is 11.5 Å². The second kappa shape index (κ2) is 8.35. The van der Waals surface area contributed by atoms with Crippen LogP contribution in [0.15, 0.2) is 34.9 Å². The van der Waals surface area contributed by atoms with Crippen molar-refractivity contribution in [3.05, 3.63) is 41.3 Å². The van der Waals surface area contributed by atoms with Gasteiger partial charge in [-0.2, -0.15) is 0 Å². The number of amides is 2. The molecule has 1 aliphatic heterocycles. The number of carbonyl (C=O) groups excluding carboxylic acids is 2. The second-order valence-corrected chi connectivity index (χ2v) is 6.63. The number of nitrogens with one attached hydrogen (secondary N) is 1. The zero-order chi connectivity index (χ0) is 19.4. The quantitative estimate of drug-likeness (QED) is 0.842. The summed E-state index contributed by atoms with van der Waals surface area (Å²) in [6.45, 7) is 0.996. The van der Waals surface area contributed by atoms with Crippen LogP contribution >= 0.6 is 11.6 Å². The van der Waals surface area contributed by atoms with Crippen molar-refractivity contribution in [1.82, 2.24) is 4.90 Å². The molecule has 1 aliphatic rings. The summed E-state index contributed by atoms with van der Waals surface area (Å²) >= 11 is 6.15. The number of carbonyl (C=O) groups is 2. The zero-order valence-electron chi connectivity index (χ0n) is 15.2. The Balaban J connectivity index is 1.62. The number of methoxy groups -OCH3 is 2. The minimum absolute atomic E-state index is 0.125. The Morgan fingerprint density at radius 2 is 1.89 bits per heavy atom. The van der Waals surface area contributed by atoms with Gasteiger partial charge in [-0.25, -0.2) is 0 Å². The summed E-state index contributed by atoms with van der Waals surface area (Å²) < 4.78 is 15.6.